The van der Waals surface area contributed by atoms with Crippen LogP contribution in [-0.4, -0.2) is 57.4 Å². The van der Waals surface area contributed by atoms with E-state index in [0.29, 0.717) is 30.7 Å². The van der Waals surface area contributed by atoms with Gasteiger partial charge in [0.05, 0.1) is 30.7 Å². The van der Waals surface area contributed by atoms with Gasteiger partial charge < -0.3 is 19.5 Å². The molecule has 2 aromatic heterocycles. The van der Waals surface area contributed by atoms with Gasteiger partial charge in [-0.25, -0.2) is 30.9 Å². The standard InChI is InChI=1S/C33H37ClF2N4O6S/c1-4-37-33(41)39(31-29(35)26(44-2)18-27(45-3)30(31)36)20-22-19-38-32-25(28(22)34)17-23(16-21-10-8-9-14-46-15-13-21)40(32)47(42,43)24-11-6-5-7-12-24/h5-7,11-12,17-19,21H,4,8-10,13-16,20H2,1-3H3,(H,37,41). The summed E-state index contributed by atoms with van der Waals surface area (Å²) >= 11 is 6.96. The summed E-state index contributed by atoms with van der Waals surface area (Å²) in [6, 6.07) is 9.97. The van der Waals surface area contributed by atoms with Gasteiger partial charge >= 0.3 is 6.03 Å². The normalized spacial score (nSPS) is 15.6. The minimum absolute atomic E-state index is 0.0853. The van der Waals surface area contributed by atoms with E-state index in [4.69, 9.17) is 25.8 Å². The van der Waals surface area contributed by atoms with Crippen molar-refractivity contribution >= 4 is 44.4 Å². The van der Waals surface area contributed by atoms with Crippen LogP contribution >= 0.6 is 11.6 Å². The molecule has 1 N–H and O–H groups in total. The summed E-state index contributed by atoms with van der Waals surface area (Å²) in [5, 5.41) is 2.98. The highest BCUT2D eigenvalue weighted by molar-refractivity contribution is 7.90. The first kappa shape index (κ1) is 34.4. The summed E-state index contributed by atoms with van der Waals surface area (Å²) in [5.74, 6) is -2.75. The molecule has 5 rings (SSSR count). The van der Waals surface area contributed by atoms with Crippen molar-refractivity contribution in [2.45, 2.75) is 50.5 Å². The van der Waals surface area contributed by atoms with E-state index in [2.05, 4.69) is 10.3 Å². The Morgan fingerprint density at radius 3 is 2.45 bits per heavy atom. The van der Waals surface area contributed by atoms with Crippen molar-refractivity contribution < 1.29 is 36.2 Å². The second-order valence-corrected chi connectivity index (χ2v) is 13.4. The Labute approximate surface area is 277 Å². The van der Waals surface area contributed by atoms with Gasteiger partial charge in [0.25, 0.3) is 10.0 Å². The quantitative estimate of drug-likeness (QED) is 0.197. The van der Waals surface area contributed by atoms with Crippen LogP contribution in [0, 0.1) is 17.6 Å². The largest absolute Gasteiger partial charge is 0.493 e. The number of aromatic nitrogens is 2. The first-order valence-electron chi connectivity index (χ1n) is 15.3. The number of methoxy groups -OCH3 is 2. The maximum atomic E-state index is 15.6. The lowest BCUT2D eigenvalue weighted by Crippen LogP contribution is -2.40. The Morgan fingerprint density at radius 1 is 1.09 bits per heavy atom. The van der Waals surface area contributed by atoms with Crippen molar-refractivity contribution in [2.24, 2.45) is 5.92 Å². The number of carbonyl (C=O) groups is 1. The SMILES string of the molecule is CCNC(=O)N(Cc1cnc2c(cc(CC3CCCCOCC3)n2S(=O)(=O)c2ccccc2)c1Cl)c1c(F)c(OC)cc(OC)c1F. The lowest BCUT2D eigenvalue weighted by molar-refractivity contribution is 0.0999. The molecule has 2 amide bonds. The number of nitrogens with one attached hydrogen (secondary N) is 1. The number of hydrogen-bond donors (Lipinski definition) is 1. The molecule has 10 nitrogen and oxygen atoms in total. The third-order valence-electron chi connectivity index (χ3n) is 8.19. The van der Waals surface area contributed by atoms with E-state index in [1.54, 1.807) is 31.2 Å². The van der Waals surface area contributed by atoms with Crippen LogP contribution in [0.4, 0.5) is 19.3 Å². The van der Waals surface area contributed by atoms with E-state index in [1.807, 2.05) is 0 Å². The van der Waals surface area contributed by atoms with Gasteiger partial charge in [-0.15, -0.1) is 0 Å². The molecule has 1 saturated heterocycles. The average Bonchev–Trinajstić information content (AvgIpc) is 3.43. The molecule has 3 heterocycles. The lowest BCUT2D eigenvalue weighted by atomic mass is 9.93. The number of pyridine rings is 1. The molecule has 47 heavy (non-hydrogen) atoms. The number of anilines is 1. The Balaban J connectivity index is 1.65. The van der Waals surface area contributed by atoms with Crippen LogP contribution in [0.1, 0.15) is 43.9 Å². The number of benzene rings is 2. The molecule has 0 radical (unpaired) electrons. The fraction of sp³-hybridized carbons (Fsp3) is 0.394. The van der Waals surface area contributed by atoms with Crippen molar-refractivity contribution in [2.75, 3.05) is 38.9 Å². The topological polar surface area (TPSA) is 112 Å². The minimum atomic E-state index is -4.10. The van der Waals surface area contributed by atoms with Crippen LogP contribution < -0.4 is 19.7 Å². The molecule has 14 heteroatoms. The van der Waals surface area contributed by atoms with E-state index in [9.17, 15) is 13.2 Å². The van der Waals surface area contributed by atoms with Crippen LogP contribution in [-0.2, 0) is 27.7 Å². The molecular weight excluding hydrogens is 654 g/mol. The first-order chi connectivity index (χ1) is 22.6. The molecule has 252 valence electrons. The number of nitrogens with zero attached hydrogens (tertiary/aromatic N) is 3. The van der Waals surface area contributed by atoms with Crippen molar-refractivity contribution in [3.8, 4) is 11.5 Å². The molecule has 1 aliphatic heterocycles. The van der Waals surface area contributed by atoms with Crippen LogP contribution in [0.5, 0.6) is 11.5 Å². The van der Waals surface area contributed by atoms with Gasteiger partial charge in [0, 0.05) is 48.7 Å². The van der Waals surface area contributed by atoms with Gasteiger partial charge in [-0.1, -0.05) is 36.2 Å². The van der Waals surface area contributed by atoms with Gasteiger partial charge in [-0.3, -0.25) is 4.90 Å². The fourth-order valence-electron chi connectivity index (χ4n) is 5.82. The van der Waals surface area contributed by atoms with Crippen molar-refractivity contribution in [1.29, 1.82) is 0 Å². The number of ether oxygens (including phenoxy) is 3. The molecule has 2 aromatic carbocycles. The lowest BCUT2D eigenvalue weighted by Gasteiger charge is -2.25. The number of hydrogen-bond acceptors (Lipinski definition) is 7. The van der Waals surface area contributed by atoms with E-state index in [0.717, 1.165) is 36.6 Å². The summed E-state index contributed by atoms with van der Waals surface area (Å²) in [4.78, 5) is 18.7. The third kappa shape index (κ3) is 7.02. The zero-order valence-electron chi connectivity index (χ0n) is 26.4. The van der Waals surface area contributed by atoms with E-state index in [-0.39, 0.29) is 45.1 Å². The summed E-state index contributed by atoms with van der Waals surface area (Å²) in [6.45, 7) is 2.71. The molecule has 1 fully saturated rings. The molecule has 0 bridgehead atoms. The van der Waals surface area contributed by atoms with Gasteiger partial charge in [0.2, 0.25) is 0 Å². The second-order valence-electron chi connectivity index (χ2n) is 11.2. The van der Waals surface area contributed by atoms with Gasteiger partial charge in [-0.05, 0) is 56.7 Å². The van der Waals surface area contributed by atoms with E-state index in [1.165, 1.54) is 36.5 Å². The molecular formula is C33H37ClF2N4O6S. The van der Waals surface area contributed by atoms with Crippen LogP contribution in [0.15, 0.2) is 53.6 Å². The minimum Gasteiger partial charge on any atom is -0.493 e. The average molecular weight is 691 g/mol. The highest BCUT2D eigenvalue weighted by atomic mass is 35.5. The Hall–Kier alpha value is -3.94. The molecule has 1 atom stereocenters. The second kappa shape index (κ2) is 14.9. The smallest absolute Gasteiger partial charge is 0.322 e. The zero-order chi connectivity index (χ0) is 33.7. The van der Waals surface area contributed by atoms with Crippen molar-refractivity contribution in [1.82, 2.24) is 14.3 Å². The van der Waals surface area contributed by atoms with Gasteiger partial charge in [0.1, 0.15) is 5.69 Å². The molecule has 4 aromatic rings. The Bertz CT molecular complexity index is 1820. The predicted molar refractivity (Wildman–Crippen MR) is 175 cm³/mol. The maximum Gasteiger partial charge on any atom is 0.322 e. The highest BCUT2D eigenvalue weighted by Crippen LogP contribution is 2.39. The fourth-order valence-corrected chi connectivity index (χ4v) is 7.59. The van der Waals surface area contributed by atoms with Crippen LogP contribution in [0.25, 0.3) is 11.0 Å². The van der Waals surface area contributed by atoms with E-state index < -0.39 is 39.9 Å². The summed E-state index contributed by atoms with van der Waals surface area (Å²) in [5.41, 5.74) is 0.117. The summed E-state index contributed by atoms with van der Waals surface area (Å²) < 4.78 is 76.5. The molecule has 0 spiro atoms. The summed E-state index contributed by atoms with van der Waals surface area (Å²) in [6.07, 6.45) is 5.31. The highest BCUT2D eigenvalue weighted by Gasteiger charge is 2.31. The monoisotopic (exact) mass is 690 g/mol. The number of fused-ring (bicyclic) bond motifs is 1. The number of urea groups is 1. The number of carbonyl (C=O) groups excluding carboxylic acids is 1. The number of rotatable bonds is 10. The summed E-state index contributed by atoms with van der Waals surface area (Å²) in [7, 11) is -1.68. The number of halogens is 3. The van der Waals surface area contributed by atoms with Gasteiger partial charge in [0.15, 0.2) is 28.8 Å². The first-order valence-corrected chi connectivity index (χ1v) is 17.2. The molecule has 0 saturated carbocycles. The number of amides is 2. The maximum absolute atomic E-state index is 15.6. The van der Waals surface area contributed by atoms with Gasteiger partial charge in [-0.2, -0.15) is 0 Å². The Morgan fingerprint density at radius 2 is 1.79 bits per heavy atom. The molecule has 1 aliphatic rings. The molecule has 0 aliphatic carbocycles. The molecule has 1 unspecified atom stereocenters. The zero-order valence-corrected chi connectivity index (χ0v) is 28.0. The van der Waals surface area contributed by atoms with Crippen molar-refractivity contribution in [3.63, 3.8) is 0 Å². The van der Waals surface area contributed by atoms with Crippen LogP contribution in [0.3, 0.4) is 0 Å². The Kier molecular flexibility index (Phi) is 10.9. The van der Waals surface area contributed by atoms with Crippen LogP contribution in [0.2, 0.25) is 5.02 Å². The predicted octanol–water partition coefficient (Wildman–Crippen LogP) is 6.71. The van der Waals surface area contributed by atoms with Crippen molar-refractivity contribution in [3.05, 3.63) is 76.6 Å². The van der Waals surface area contributed by atoms with E-state index >= 15 is 8.78 Å². The third-order valence-corrected chi connectivity index (χ3v) is 10.4.